The van der Waals surface area contributed by atoms with Gasteiger partial charge in [0.15, 0.2) is 23.0 Å². The van der Waals surface area contributed by atoms with Crippen molar-refractivity contribution in [2.75, 3.05) is 27.2 Å². The zero-order valence-corrected chi connectivity index (χ0v) is 30.0. The van der Waals surface area contributed by atoms with Crippen LogP contribution >= 0.6 is 12.4 Å². The number of benzene rings is 4. The van der Waals surface area contributed by atoms with E-state index in [-0.39, 0.29) is 89.0 Å². The fourth-order valence-corrected chi connectivity index (χ4v) is 7.35. The maximum Gasteiger partial charge on any atom is 1.00 e. The fraction of sp³-hybridized carbons (Fsp3) is 0.286. The molecule has 0 saturated carbocycles. The van der Waals surface area contributed by atoms with Crippen LogP contribution in [0.5, 0.6) is 23.0 Å². The number of aromatic hydroxyl groups is 4. The van der Waals surface area contributed by atoms with Crippen LogP contribution in [0.3, 0.4) is 0 Å². The van der Waals surface area contributed by atoms with E-state index in [1.54, 1.807) is 12.1 Å². The summed E-state index contributed by atoms with van der Waals surface area (Å²) in [4.78, 5) is 21.0. The number of nitrogens with zero attached hydrogens (tertiary/aromatic N) is 2. The summed E-state index contributed by atoms with van der Waals surface area (Å²) in [6, 6.07) is 20.4. The van der Waals surface area contributed by atoms with Crippen molar-refractivity contribution in [3.05, 3.63) is 94.0 Å². The summed E-state index contributed by atoms with van der Waals surface area (Å²) in [6.07, 6.45) is 4.13. The number of carbonyl (C=O) groups excluding carboxylic acids is 2. The van der Waals surface area contributed by atoms with E-state index < -0.39 is 0 Å². The quantitative estimate of drug-likeness (QED) is 0.132. The van der Waals surface area contributed by atoms with Gasteiger partial charge >= 0.3 is 35.7 Å². The van der Waals surface area contributed by atoms with Crippen molar-refractivity contribution in [2.24, 2.45) is 0 Å². The Balaban J connectivity index is 0.000000280. The Bertz CT molecular complexity index is 1660. The van der Waals surface area contributed by atoms with Gasteiger partial charge in [-0.2, -0.15) is 9.59 Å². The zero-order valence-electron chi connectivity index (χ0n) is 26.5. The summed E-state index contributed by atoms with van der Waals surface area (Å²) in [5, 5.41) is 40.1. The molecule has 0 aromatic heterocycles. The molecule has 6 N–H and O–H groups in total. The number of hydrogen-bond donors (Lipinski definition) is 4. The molecule has 47 heavy (non-hydrogen) atoms. The number of fused-ring (bicyclic) bond motifs is 4. The zero-order chi connectivity index (χ0) is 30.4. The SMILES string of the molecule is CN1CCc2cccc3c2[C@H]1Cc1ccc(O)c(O)c1-3.CN1CCc2cccc3c2[C@H]1Cc1ccc(O)c(O)c1-3.Cl.O.O=C=O.[Cl-].[Na+]. The van der Waals surface area contributed by atoms with Crippen LogP contribution in [-0.2, 0) is 35.3 Å². The molecule has 2 atom stereocenters. The van der Waals surface area contributed by atoms with Gasteiger partial charge in [0.2, 0.25) is 0 Å². The molecule has 0 amide bonds. The minimum atomic E-state index is -0.0380. The Hall–Kier alpha value is -3.08. The predicted octanol–water partition coefficient (Wildman–Crippen LogP) is -1.28. The summed E-state index contributed by atoms with van der Waals surface area (Å²) < 4.78 is 0. The van der Waals surface area contributed by atoms with Crippen molar-refractivity contribution >= 4 is 18.6 Å². The summed E-state index contributed by atoms with van der Waals surface area (Å²) in [5.74, 6) is -0.0434. The third-order valence-corrected chi connectivity index (χ3v) is 9.44. The van der Waals surface area contributed by atoms with Gasteiger partial charge in [0, 0.05) is 36.3 Å². The van der Waals surface area contributed by atoms with Crippen molar-refractivity contribution in [1.82, 2.24) is 9.80 Å². The third kappa shape index (κ3) is 7.06. The Kier molecular flexibility index (Phi) is 13.9. The summed E-state index contributed by atoms with van der Waals surface area (Å²) in [7, 11) is 4.32. The average Bonchev–Trinajstić information content (AvgIpc) is 3.01. The summed E-state index contributed by atoms with van der Waals surface area (Å²) >= 11 is 0. The van der Waals surface area contributed by atoms with Gasteiger partial charge in [-0.3, -0.25) is 9.80 Å². The monoisotopic (exact) mass is 690 g/mol. The van der Waals surface area contributed by atoms with Gasteiger partial charge in [0.05, 0.1) is 0 Å². The first-order chi connectivity index (χ1) is 20.7. The minimum absolute atomic E-state index is 0. The van der Waals surface area contributed by atoms with E-state index in [0.29, 0.717) is 12.1 Å². The van der Waals surface area contributed by atoms with Crippen molar-refractivity contribution < 1.29 is 77.5 Å². The second kappa shape index (κ2) is 16.3. The Labute approximate surface area is 308 Å². The number of phenols is 4. The van der Waals surface area contributed by atoms with Crippen LogP contribution in [0.15, 0.2) is 60.7 Å². The van der Waals surface area contributed by atoms with Gasteiger partial charge < -0.3 is 38.3 Å². The molecule has 0 radical (unpaired) electrons. The van der Waals surface area contributed by atoms with Gasteiger partial charge in [0.1, 0.15) is 0 Å². The molecular formula is C35H37Cl2N2NaO7. The van der Waals surface area contributed by atoms with E-state index in [2.05, 4.69) is 60.3 Å². The standard InChI is InChI=1S/2C17H17NO2.CO2.2ClH.Na.H2O/c2*1-18-8-7-10-3-2-4-12-15(10)13(18)9-11-5-6-14(19)17(20)16(11)12;2-1-3;;;;/h2*2-6,13,19-20H,7-9H2,1H3;;2*1H;;1H2/q;;;;;+1;/p-1/t2*13-;;;;;/m11...../s1. The normalized spacial score (nSPS) is 17.5. The first kappa shape index (κ1) is 40.1. The van der Waals surface area contributed by atoms with Gasteiger partial charge in [-0.1, -0.05) is 48.5 Å². The second-order valence-corrected chi connectivity index (χ2v) is 11.7. The van der Waals surface area contributed by atoms with Crippen molar-refractivity contribution in [2.45, 2.75) is 37.8 Å². The van der Waals surface area contributed by atoms with E-state index in [0.717, 1.165) is 72.2 Å². The molecule has 4 aromatic carbocycles. The number of hydrogen-bond acceptors (Lipinski definition) is 8. The molecule has 0 saturated heterocycles. The van der Waals surface area contributed by atoms with Crippen molar-refractivity contribution in [3.8, 4) is 45.3 Å². The first-order valence-electron chi connectivity index (χ1n) is 14.5. The molecule has 9 nitrogen and oxygen atoms in total. The molecule has 4 aromatic rings. The van der Waals surface area contributed by atoms with Crippen LogP contribution in [-0.4, -0.2) is 69.0 Å². The van der Waals surface area contributed by atoms with Gasteiger partial charge in [-0.25, -0.2) is 0 Å². The van der Waals surface area contributed by atoms with Crippen molar-refractivity contribution in [1.29, 1.82) is 0 Å². The third-order valence-electron chi connectivity index (χ3n) is 9.44. The molecule has 0 unspecified atom stereocenters. The van der Waals surface area contributed by atoms with Crippen molar-refractivity contribution in [3.63, 3.8) is 0 Å². The van der Waals surface area contributed by atoms with E-state index in [4.69, 9.17) is 9.59 Å². The maximum atomic E-state index is 10.3. The maximum absolute atomic E-state index is 10.3. The molecule has 12 heteroatoms. The van der Waals surface area contributed by atoms with Crippen LogP contribution in [0.4, 0.5) is 0 Å². The molecule has 2 heterocycles. The molecule has 244 valence electrons. The summed E-state index contributed by atoms with van der Waals surface area (Å²) in [5.41, 5.74) is 11.4. The predicted molar refractivity (Wildman–Crippen MR) is 172 cm³/mol. The van der Waals surface area contributed by atoms with E-state index in [1.807, 2.05) is 12.1 Å². The topological polar surface area (TPSA) is 153 Å². The van der Waals surface area contributed by atoms with E-state index >= 15 is 0 Å². The van der Waals surface area contributed by atoms with Crippen LogP contribution in [0.2, 0.25) is 0 Å². The molecule has 2 aliphatic carbocycles. The van der Waals surface area contributed by atoms with Crippen LogP contribution < -0.4 is 42.0 Å². The van der Waals surface area contributed by atoms with Crippen LogP contribution in [0.1, 0.15) is 45.5 Å². The molecule has 0 fully saturated rings. The summed E-state index contributed by atoms with van der Waals surface area (Å²) in [6.45, 7) is 2.14. The van der Waals surface area contributed by atoms with Gasteiger partial charge in [-0.05, 0) is 96.4 Å². The largest absolute Gasteiger partial charge is 1.00 e. The minimum Gasteiger partial charge on any atom is -1.00 e. The number of halogens is 2. The Morgan fingerprint density at radius 3 is 1.36 bits per heavy atom. The molecule has 0 bridgehead atoms. The average molecular weight is 692 g/mol. The van der Waals surface area contributed by atoms with Gasteiger partial charge in [-0.15, -0.1) is 12.4 Å². The second-order valence-electron chi connectivity index (χ2n) is 11.7. The smallest absolute Gasteiger partial charge is 1.00 e. The number of rotatable bonds is 0. The Morgan fingerprint density at radius 2 is 1.00 bits per heavy atom. The fourth-order valence-electron chi connectivity index (χ4n) is 7.35. The molecule has 8 rings (SSSR count). The molecule has 2 aliphatic heterocycles. The molecular weight excluding hydrogens is 654 g/mol. The van der Waals surface area contributed by atoms with E-state index in [1.165, 1.54) is 22.3 Å². The number of likely N-dealkylation sites (N-methyl/N-ethyl adjacent to an activating group) is 2. The van der Waals surface area contributed by atoms with Crippen LogP contribution in [0, 0.1) is 0 Å². The molecule has 0 spiro atoms. The van der Waals surface area contributed by atoms with Gasteiger partial charge in [0.25, 0.3) is 0 Å². The van der Waals surface area contributed by atoms with Crippen LogP contribution in [0.25, 0.3) is 22.3 Å². The first-order valence-corrected chi connectivity index (χ1v) is 14.5. The van der Waals surface area contributed by atoms with E-state index in [9.17, 15) is 20.4 Å². The number of phenolic OH excluding ortho intramolecular Hbond substituents is 4. The molecule has 4 aliphatic rings. The Morgan fingerprint density at radius 1 is 0.638 bits per heavy atom.